The van der Waals surface area contributed by atoms with Crippen molar-refractivity contribution in [3.8, 4) is 16.9 Å². The van der Waals surface area contributed by atoms with Gasteiger partial charge in [0.1, 0.15) is 6.04 Å². The zero-order chi connectivity index (χ0) is 30.1. The van der Waals surface area contributed by atoms with Crippen LogP contribution in [0.15, 0.2) is 79.1 Å². The largest absolute Gasteiger partial charge is 0.368 e. The van der Waals surface area contributed by atoms with Gasteiger partial charge in [-0.2, -0.15) is 5.10 Å². The van der Waals surface area contributed by atoms with E-state index in [2.05, 4.69) is 20.7 Å². The van der Waals surface area contributed by atoms with E-state index in [0.717, 1.165) is 30.4 Å². The molecular weight excluding hydrogens is 587 g/mol. The number of amides is 3. The first-order valence-corrected chi connectivity index (χ1v) is 14.9. The maximum atomic E-state index is 13.7. The predicted octanol–water partition coefficient (Wildman–Crippen LogP) is 4.60. The van der Waals surface area contributed by atoms with Crippen LogP contribution in [0.1, 0.15) is 35.3 Å². The number of carbonyl (C=O) groups excluding carboxylic acids is 3. The van der Waals surface area contributed by atoms with E-state index in [1.165, 1.54) is 0 Å². The lowest BCUT2D eigenvalue weighted by Gasteiger charge is -2.31. The van der Waals surface area contributed by atoms with Crippen LogP contribution in [0.3, 0.4) is 0 Å². The SMILES string of the molecule is NC(=O)[C@H](Cc1ccccc1)NC(=O)[C@H]1C2CCC(C2)[C@@H]1NC(=O)c1cc(-c2cccnc2)n(-c2ccc(Cl)c(Cl)c2)n1. The number of rotatable bonds is 9. The van der Waals surface area contributed by atoms with Crippen LogP contribution >= 0.6 is 23.2 Å². The molecule has 0 aliphatic heterocycles. The van der Waals surface area contributed by atoms with Gasteiger partial charge in [0.25, 0.3) is 5.91 Å². The molecule has 3 amide bonds. The van der Waals surface area contributed by atoms with Gasteiger partial charge in [-0.05, 0) is 73.1 Å². The molecule has 220 valence electrons. The quantitative estimate of drug-likeness (QED) is 0.253. The van der Waals surface area contributed by atoms with Gasteiger partial charge in [0.15, 0.2) is 5.69 Å². The Labute approximate surface area is 258 Å². The topological polar surface area (TPSA) is 132 Å². The van der Waals surface area contributed by atoms with E-state index in [4.69, 9.17) is 28.9 Å². The number of halogens is 2. The van der Waals surface area contributed by atoms with Crippen LogP contribution in [0.25, 0.3) is 16.9 Å². The fourth-order valence-electron chi connectivity index (χ4n) is 6.47. The van der Waals surface area contributed by atoms with Crippen LogP contribution in [0.5, 0.6) is 0 Å². The molecule has 11 heteroatoms. The molecule has 4 aromatic rings. The van der Waals surface area contributed by atoms with Crippen LogP contribution in [0.2, 0.25) is 10.0 Å². The maximum absolute atomic E-state index is 13.7. The van der Waals surface area contributed by atoms with Gasteiger partial charge in [0.2, 0.25) is 11.8 Å². The fraction of sp³-hybridized carbons (Fsp3) is 0.281. The van der Waals surface area contributed by atoms with Crippen LogP contribution in [0, 0.1) is 17.8 Å². The molecule has 2 aromatic heterocycles. The molecule has 0 spiro atoms. The standard InChI is InChI=1S/C32H30Cl2N6O3/c33-23-11-10-22(15-24(23)34)40-27(21-7-4-12-36-17-21)16-26(39-40)31(42)38-29-20-9-8-19(14-20)28(29)32(43)37-25(30(35)41)13-18-5-2-1-3-6-18/h1-7,10-12,15-17,19-20,25,28-29H,8-9,13-14H2,(H2,35,41)(H,37,43)(H,38,42)/t19?,20?,25-,28-,29-/m0/s1. The summed E-state index contributed by atoms with van der Waals surface area (Å²) >= 11 is 12.4. The fourth-order valence-corrected chi connectivity index (χ4v) is 6.76. The molecule has 0 radical (unpaired) electrons. The van der Waals surface area contributed by atoms with Crippen LogP contribution in [0.4, 0.5) is 0 Å². The second kappa shape index (κ2) is 12.2. The summed E-state index contributed by atoms with van der Waals surface area (Å²) in [4.78, 5) is 43.8. The zero-order valence-electron chi connectivity index (χ0n) is 23.1. The summed E-state index contributed by atoms with van der Waals surface area (Å²) in [6.45, 7) is 0. The minimum atomic E-state index is -0.852. The first kappa shape index (κ1) is 28.9. The number of nitrogens with two attached hydrogens (primary N) is 1. The second-order valence-corrected chi connectivity index (χ2v) is 12.0. The molecule has 9 nitrogen and oxygen atoms in total. The molecule has 43 heavy (non-hydrogen) atoms. The minimum absolute atomic E-state index is 0.111. The molecule has 2 heterocycles. The van der Waals surface area contributed by atoms with Crippen molar-refractivity contribution in [3.63, 3.8) is 0 Å². The Kier molecular flexibility index (Phi) is 8.19. The van der Waals surface area contributed by atoms with E-state index in [-0.39, 0.29) is 23.4 Å². The Morgan fingerprint density at radius 3 is 2.49 bits per heavy atom. The third-order valence-electron chi connectivity index (χ3n) is 8.51. The Balaban J connectivity index is 1.25. The molecule has 6 rings (SSSR count). The van der Waals surface area contributed by atoms with Crippen molar-refractivity contribution in [1.82, 2.24) is 25.4 Å². The highest BCUT2D eigenvalue weighted by Gasteiger charge is 2.52. The average molecular weight is 618 g/mol. The first-order chi connectivity index (χ1) is 20.8. The summed E-state index contributed by atoms with van der Waals surface area (Å²) in [5.41, 5.74) is 8.78. The zero-order valence-corrected chi connectivity index (χ0v) is 24.6. The summed E-state index contributed by atoms with van der Waals surface area (Å²) in [6, 6.07) is 18.7. The average Bonchev–Trinajstić information content (AvgIpc) is 3.75. The number of primary amides is 1. The number of carbonyl (C=O) groups is 3. The monoisotopic (exact) mass is 616 g/mol. The molecule has 2 aliphatic carbocycles. The van der Waals surface area contributed by atoms with Gasteiger partial charge in [-0.15, -0.1) is 0 Å². The van der Waals surface area contributed by atoms with E-state index >= 15 is 0 Å². The molecular formula is C32H30Cl2N6O3. The number of nitrogens with one attached hydrogen (secondary N) is 2. The highest BCUT2D eigenvalue weighted by Crippen LogP contribution is 2.48. The molecule has 2 fully saturated rings. The van der Waals surface area contributed by atoms with E-state index in [9.17, 15) is 14.4 Å². The van der Waals surface area contributed by atoms with Gasteiger partial charge in [0, 0.05) is 30.4 Å². The van der Waals surface area contributed by atoms with Gasteiger partial charge in [0.05, 0.1) is 27.3 Å². The number of nitrogens with zero attached hydrogens (tertiary/aromatic N) is 3. The lowest BCUT2D eigenvalue weighted by atomic mass is 9.83. The van der Waals surface area contributed by atoms with Crippen molar-refractivity contribution < 1.29 is 14.4 Å². The molecule has 2 saturated carbocycles. The predicted molar refractivity (Wildman–Crippen MR) is 164 cm³/mol. The number of pyridine rings is 1. The summed E-state index contributed by atoms with van der Waals surface area (Å²) in [5.74, 6) is -1.47. The van der Waals surface area contributed by atoms with E-state index in [0.29, 0.717) is 27.8 Å². The lowest BCUT2D eigenvalue weighted by Crippen LogP contribution is -2.54. The van der Waals surface area contributed by atoms with Crippen LogP contribution in [-0.2, 0) is 16.0 Å². The van der Waals surface area contributed by atoms with Crippen molar-refractivity contribution in [2.75, 3.05) is 0 Å². The van der Waals surface area contributed by atoms with Gasteiger partial charge in [-0.1, -0.05) is 53.5 Å². The molecule has 4 N–H and O–H groups in total. The van der Waals surface area contributed by atoms with Gasteiger partial charge < -0.3 is 16.4 Å². The molecule has 2 bridgehead atoms. The Morgan fingerprint density at radius 2 is 1.77 bits per heavy atom. The summed E-state index contributed by atoms with van der Waals surface area (Å²) in [5, 5.41) is 11.4. The first-order valence-electron chi connectivity index (χ1n) is 14.2. The van der Waals surface area contributed by atoms with Crippen molar-refractivity contribution in [3.05, 3.63) is 100 Å². The smallest absolute Gasteiger partial charge is 0.272 e. The van der Waals surface area contributed by atoms with Crippen LogP contribution < -0.4 is 16.4 Å². The van der Waals surface area contributed by atoms with Crippen molar-refractivity contribution in [2.45, 2.75) is 37.8 Å². The highest BCUT2D eigenvalue weighted by molar-refractivity contribution is 6.42. The summed E-state index contributed by atoms with van der Waals surface area (Å²) in [6.07, 6.45) is 6.30. The Hall–Kier alpha value is -4.21. The molecule has 2 aliphatic rings. The Morgan fingerprint density at radius 1 is 0.977 bits per heavy atom. The summed E-state index contributed by atoms with van der Waals surface area (Å²) in [7, 11) is 0. The maximum Gasteiger partial charge on any atom is 0.272 e. The number of benzene rings is 2. The number of aromatic nitrogens is 3. The number of fused-ring (bicyclic) bond motifs is 2. The Bertz CT molecular complexity index is 1660. The second-order valence-electron chi connectivity index (χ2n) is 11.2. The molecule has 2 unspecified atom stereocenters. The normalized spacial score (nSPS) is 21.3. The van der Waals surface area contributed by atoms with Crippen LogP contribution in [-0.4, -0.2) is 44.6 Å². The lowest BCUT2D eigenvalue weighted by molar-refractivity contribution is -0.131. The van der Waals surface area contributed by atoms with Gasteiger partial charge in [-0.25, -0.2) is 4.68 Å². The molecule has 0 saturated heterocycles. The van der Waals surface area contributed by atoms with E-state index < -0.39 is 29.8 Å². The number of hydrogen-bond donors (Lipinski definition) is 3. The minimum Gasteiger partial charge on any atom is -0.368 e. The van der Waals surface area contributed by atoms with E-state index in [1.807, 2.05) is 36.4 Å². The highest BCUT2D eigenvalue weighted by atomic mass is 35.5. The van der Waals surface area contributed by atoms with Gasteiger partial charge >= 0.3 is 0 Å². The van der Waals surface area contributed by atoms with E-state index in [1.54, 1.807) is 47.4 Å². The molecule has 2 aromatic carbocycles. The van der Waals surface area contributed by atoms with Gasteiger partial charge in [-0.3, -0.25) is 19.4 Å². The van der Waals surface area contributed by atoms with Crippen molar-refractivity contribution in [2.24, 2.45) is 23.5 Å². The molecule has 5 atom stereocenters. The third kappa shape index (κ3) is 6.00. The number of hydrogen-bond acceptors (Lipinski definition) is 5. The van der Waals surface area contributed by atoms with Crippen molar-refractivity contribution in [1.29, 1.82) is 0 Å². The van der Waals surface area contributed by atoms with Crippen molar-refractivity contribution >= 4 is 40.9 Å². The third-order valence-corrected chi connectivity index (χ3v) is 9.25. The summed E-state index contributed by atoms with van der Waals surface area (Å²) < 4.78 is 1.63.